The molecule has 1 heteroatoms. The van der Waals surface area contributed by atoms with Crippen molar-refractivity contribution in [2.75, 3.05) is 0 Å². The van der Waals surface area contributed by atoms with E-state index in [1.807, 2.05) is 0 Å². The van der Waals surface area contributed by atoms with Gasteiger partial charge in [0.1, 0.15) is 6.29 Å². The van der Waals surface area contributed by atoms with Crippen molar-refractivity contribution in [2.45, 2.75) is 66.2 Å². The highest BCUT2D eigenvalue weighted by atomic mass is 16.1. The summed E-state index contributed by atoms with van der Waals surface area (Å²) >= 11 is 0. The molecule has 0 amide bonds. The fourth-order valence-electron chi connectivity index (χ4n) is 5.53. The van der Waals surface area contributed by atoms with E-state index in [2.05, 4.69) is 39.8 Å². The lowest BCUT2D eigenvalue weighted by atomic mass is 9.47. The minimum absolute atomic E-state index is 0.100. The first kappa shape index (κ1) is 15.1. The molecule has 3 aliphatic rings. The van der Waals surface area contributed by atoms with E-state index >= 15 is 0 Å². The predicted molar refractivity (Wildman–Crippen MR) is 88.0 cm³/mol. The molecule has 4 atom stereocenters. The van der Waals surface area contributed by atoms with E-state index in [0.29, 0.717) is 23.2 Å². The Morgan fingerprint density at radius 1 is 1.29 bits per heavy atom. The molecule has 0 aromatic carbocycles. The van der Waals surface area contributed by atoms with Crippen molar-refractivity contribution in [1.82, 2.24) is 0 Å². The average molecular weight is 286 g/mol. The summed E-state index contributed by atoms with van der Waals surface area (Å²) in [6, 6.07) is 0. The van der Waals surface area contributed by atoms with Gasteiger partial charge in [0, 0.05) is 5.41 Å². The van der Waals surface area contributed by atoms with E-state index in [1.165, 1.54) is 32.0 Å². The molecule has 0 aromatic rings. The van der Waals surface area contributed by atoms with Crippen molar-refractivity contribution in [1.29, 1.82) is 0 Å². The number of aldehydes is 1. The molecule has 1 nitrogen and oxygen atoms in total. The van der Waals surface area contributed by atoms with Gasteiger partial charge < -0.3 is 4.79 Å². The molecule has 0 spiro atoms. The van der Waals surface area contributed by atoms with Crippen LogP contribution in [-0.4, -0.2) is 6.29 Å². The Kier molecular flexibility index (Phi) is 3.66. The van der Waals surface area contributed by atoms with Crippen LogP contribution in [0, 0.1) is 28.6 Å². The third-order valence-corrected chi connectivity index (χ3v) is 6.90. The monoisotopic (exact) mass is 286 g/mol. The van der Waals surface area contributed by atoms with Gasteiger partial charge in [-0.05, 0) is 60.8 Å². The van der Waals surface area contributed by atoms with Crippen LogP contribution in [0.4, 0.5) is 0 Å². The van der Waals surface area contributed by atoms with Crippen LogP contribution in [0.2, 0.25) is 0 Å². The summed E-state index contributed by atoms with van der Waals surface area (Å²) in [6.07, 6.45) is 13.5. The van der Waals surface area contributed by atoms with Gasteiger partial charge in [-0.3, -0.25) is 0 Å². The maximum absolute atomic E-state index is 11.7. The Morgan fingerprint density at radius 3 is 2.71 bits per heavy atom. The van der Waals surface area contributed by atoms with E-state index in [9.17, 15) is 4.79 Å². The van der Waals surface area contributed by atoms with E-state index in [0.717, 1.165) is 12.8 Å². The largest absolute Gasteiger partial charge is 0.303 e. The van der Waals surface area contributed by atoms with Gasteiger partial charge in [-0.25, -0.2) is 0 Å². The van der Waals surface area contributed by atoms with Crippen LogP contribution >= 0.6 is 0 Å². The predicted octanol–water partition coefficient (Wildman–Crippen LogP) is 5.32. The summed E-state index contributed by atoms with van der Waals surface area (Å²) in [5.74, 6) is 1.89. The molecule has 0 saturated heterocycles. The van der Waals surface area contributed by atoms with Crippen LogP contribution in [-0.2, 0) is 4.79 Å². The quantitative estimate of drug-likeness (QED) is 0.628. The fourth-order valence-corrected chi connectivity index (χ4v) is 5.53. The van der Waals surface area contributed by atoms with Crippen molar-refractivity contribution in [3.05, 3.63) is 23.3 Å². The van der Waals surface area contributed by atoms with Gasteiger partial charge in [-0.15, -0.1) is 0 Å². The van der Waals surface area contributed by atoms with Gasteiger partial charge in [0.2, 0.25) is 0 Å². The maximum Gasteiger partial charge on any atom is 0.126 e. The highest BCUT2D eigenvalue weighted by Gasteiger charge is 2.54. The summed E-state index contributed by atoms with van der Waals surface area (Å²) in [6.45, 7) is 9.30. The molecule has 116 valence electrons. The Balaban J connectivity index is 1.99. The molecular formula is C20H30O. The van der Waals surface area contributed by atoms with Crippen molar-refractivity contribution in [2.24, 2.45) is 28.6 Å². The topological polar surface area (TPSA) is 17.1 Å². The van der Waals surface area contributed by atoms with Gasteiger partial charge in [0.05, 0.1) is 0 Å². The second kappa shape index (κ2) is 5.11. The maximum atomic E-state index is 11.7. The second-order valence-electron chi connectivity index (χ2n) is 8.44. The van der Waals surface area contributed by atoms with Gasteiger partial charge in [0.25, 0.3) is 0 Å². The zero-order valence-electron chi connectivity index (χ0n) is 14.1. The molecule has 0 bridgehead atoms. The molecule has 0 aromatic heterocycles. The first-order valence-corrected chi connectivity index (χ1v) is 8.77. The van der Waals surface area contributed by atoms with Gasteiger partial charge in [0.15, 0.2) is 0 Å². The molecule has 1 fully saturated rings. The number of fused-ring (bicyclic) bond motifs is 3. The summed E-state index contributed by atoms with van der Waals surface area (Å²) in [7, 11) is 0. The summed E-state index contributed by atoms with van der Waals surface area (Å²) in [5.41, 5.74) is 3.43. The molecular weight excluding hydrogens is 256 g/mol. The molecule has 0 unspecified atom stereocenters. The SMILES string of the molecule is CC(C)C1=CC2=CC[C@H]3[C@](C)(CCC[C@@]3(C)C=O)[C@H]2CC1. The Morgan fingerprint density at radius 2 is 2.05 bits per heavy atom. The number of hydrogen-bond acceptors (Lipinski definition) is 1. The molecule has 3 rings (SSSR count). The van der Waals surface area contributed by atoms with E-state index in [4.69, 9.17) is 0 Å². The zero-order valence-corrected chi connectivity index (χ0v) is 14.1. The summed E-state index contributed by atoms with van der Waals surface area (Å²) in [5, 5.41) is 0. The first-order valence-electron chi connectivity index (χ1n) is 8.77. The zero-order chi connectivity index (χ0) is 15.3. The van der Waals surface area contributed by atoms with Crippen molar-refractivity contribution in [3.63, 3.8) is 0 Å². The molecule has 21 heavy (non-hydrogen) atoms. The lowest BCUT2D eigenvalue weighted by molar-refractivity contribution is -0.128. The number of hydrogen-bond donors (Lipinski definition) is 0. The number of rotatable bonds is 2. The Hall–Kier alpha value is -0.850. The second-order valence-corrected chi connectivity index (χ2v) is 8.44. The normalized spacial score (nSPS) is 42.7. The van der Waals surface area contributed by atoms with E-state index in [1.54, 1.807) is 11.1 Å². The average Bonchev–Trinajstić information content (AvgIpc) is 2.46. The highest BCUT2D eigenvalue weighted by molar-refractivity contribution is 5.60. The molecule has 0 heterocycles. The Bertz CT molecular complexity index is 498. The minimum atomic E-state index is -0.100. The van der Waals surface area contributed by atoms with Gasteiger partial charge >= 0.3 is 0 Å². The first-order chi connectivity index (χ1) is 9.90. The van der Waals surface area contributed by atoms with E-state index in [-0.39, 0.29) is 5.41 Å². The van der Waals surface area contributed by atoms with Gasteiger partial charge in [-0.1, -0.05) is 51.8 Å². The van der Waals surface area contributed by atoms with Crippen molar-refractivity contribution in [3.8, 4) is 0 Å². The van der Waals surface area contributed by atoms with Crippen LogP contribution < -0.4 is 0 Å². The number of allylic oxidation sites excluding steroid dienone is 4. The summed E-state index contributed by atoms with van der Waals surface area (Å²) in [4.78, 5) is 11.7. The number of carbonyl (C=O) groups is 1. The lowest BCUT2D eigenvalue weighted by Crippen LogP contribution is -2.50. The van der Waals surface area contributed by atoms with Crippen LogP contribution in [0.5, 0.6) is 0 Å². The Labute approximate surface area is 129 Å². The molecule has 1 saturated carbocycles. The molecule has 3 aliphatic carbocycles. The summed E-state index contributed by atoms with van der Waals surface area (Å²) < 4.78 is 0. The van der Waals surface area contributed by atoms with Crippen LogP contribution in [0.15, 0.2) is 23.3 Å². The number of carbonyl (C=O) groups excluding carboxylic acids is 1. The lowest BCUT2D eigenvalue weighted by Gasteiger charge is -2.57. The van der Waals surface area contributed by atoms with E-state index < -0.39 is 0 Å². The van der Waals surface area contributed by atoms with Crippen LogP contribution in [0.25, 0.3) is 0 Å². The molecule has 0 aliphatic heterocycles. The molecule has 0 N–H and O–H groups in total. The standard InChI is InChI=1S/C20H30O/c1-14(2)15-6-8-17-16(12-15)7-9-18-19(3,13-21)10-5-11-20(17,18)4/h7,12-14,17-18H,5-6,8-11H2,1-4H3/t17-,18+,19-,20+/m0/s1. The third-order valence-electron chi connectivity index (χ3n) is 6.90. The third kappa shape index (κ3) is 2.24. The smallest absolute Gasteiger partial charge is 0.126 e. The van der Waals surface area contributed by atoms with Crippen LogP contribution in [0.3, 0.4) is 0 Å². The molecule has 0 radical (unpaired) electrons. The minimum Gasteiger partial charge on any atom is -0.303 e. The van der Waals surface area contributed by atoms with Crippen molar-refractivity contribution >= 4 is 6.29 Å². The van der Waals surface area contributed by atoms with Crippen LogP contribution in [0.1, 0.15) is 66.2 Å². The van der Waals surface area contributed by atoms with Gasteiger partial charge in [-0.2, -0.15) is 0 Å². The highest BCUT2D eigenvalue weighted by Crippen LogP contribution is 2.61. The fraction of sp³-hybridized carbons (Fsp3) is 0.750. The van der Waals surface area contributed by atoms with Crippen molar-refractivity contribution < 1.29 is 4.79 Å².